The molecule has 35 heavy (non-hydrogen) atoms. The maximum atomic E-state index is 13.9. The van der Waals surface area contributed by atoms with E-state index in [9.17, 15) is 8.78 Å². The molecular formula is C28H23F2N5. The van der Waals surface area contributed by atoms with Gasteiger partial charge in [-0.1, -0.05) is 12.1 Å². The molecule has 1 saturated heterocycles. The summed E-state index contributed by atoms with van der Waals surface area (Å²) >= 11 is 0. The number of halogens is 2. The molecule has 1 aliphatic rings. The van der Waals surface area contributed by atoms with Gasteiger partial charge in [-0.3, -0.25) is 4.98 Å². The van der Waals surface area contributed by atoms with Crippen LogP contribution in [0.3, 0.4) is 0 Å². The Morgan fingerprint density at radius 1 is 0.743 bits per heavy atom. The van der Waals surface area contributed by atoms with Crippen LogP contribution in [-0.4, -0.2) is 32.8 Å². The average Bonchev–Trinajstić information content (AvgIpc) is 3.33. The maximum absolute atomic E-state index is 13.9. The Labute approximate surface area is 201 Å². The van der Waals surface area contributed by atoms with E-state index >= 15 is 0 Å². The van der Waals surface area contributed by atoms with Gasteiger partial charge in [0.2, 0.25) is 0 Å². The summed E-state index contributed by atoms with van der Waals surface area (Å²) in [6.07, 6.45) is 7.26. The van der Waals surface area contributed by atoms with Crippen LogP contribution in [0.25, 0.3) is 44.5 Å². The quantitative estimate of drug-likeness (QED) is 0.351. The molecule has 5 nitrogen and oxygen atoms in total. The number of hydrogen-bond acceptors (Lipinski definition) is 4. The van der Waals surface area contributed by atoms with Gasteiger partial charge in [-0.25, -0.2) is 18.4 Å². The second kappa shape index (κ2) is 9.00. The van der Waals surface area contributed by atoms with Gasteiger partial charge in [0.15, 0.2) is 5.65 Å². The summed E-state index contributed by atoms with van der Waals surface area (Å²) in [5.74, 6) is -0.604. The first kappa shape index (κ1) is 21.6. The molecule has 0 radical (unpaired) electrons. The number of hydrogen-bond donors (Lipinski definition) is 1. The van der Waals surface area contributed by atoms with E-state index in [0.29, 0.717) is 0 Å². The van der Waals surface area contributed by atoms with Crippen LogP contribution in [-0.2, 0) is 0 Å². The van der Waals surface area contributed by atoms with Crippen LogP contribution < -0.4 is 5.32 Å². The number of nitrogens with zero attached hydrogens (tertiary/aromatic N) is 4. The lowest BCUT2D eigenvalue weighted by Gasteiger charge is -2.24. The molecule has 1 N–H and O–H groups in total. The van der Waals surface area contributed by atoms with Gasteiger partial charge in [0.25, 0.3) is 0 Å². The monoisotopic (exact) mass is 467 g/mol. The first-order valence-corrected chi connectivity index (χ1v) is 11.7. The molecule has 0 amide bonds. The standard InChI is InChI=1S/C28H23F2N5/c29-21-5-1-18(2-6-21)25-24-17-33-35(23-11-15-32-16-12-23)28(24)34-27(20-3-7-22(30)8-4-20)26(25)19-9-13-31-14-10-19/h1-10,13-14,17,23,32H,11-12,15-16H2. The first-order chi connectivity index (χ1) is 17.2. The molecule has 0 atom stereocenters. The molecule has 174 valence electrons. The van der Waals surface area contributed by atoms with Crippen molar-refractivity contribution in [3.63, 3.8) is 0 Å². The number of pyridine rings is 2. The Morgan fingerprint density at radius 3 is 2.00 bits per heavy atom. The van der Waals surface area contributed by atoms with Crippen molar-refractivity contribution in [3.05, 3.63) is 90.9 Å². The Kier molecular flexibility index (Phi) is 5.54. The third-order valence-electron chi connectivity index (χ3n) is 6.62. The molecule has 6 rings (SSSR count). The van der Waals surface area contributed by atoms with E-state index in [1.807, 2.05) is 23.0 Å². The molecule has 7 heteroatoms. The Morgan fingerprint density at radius 2 is 1.34 bits per heavy atom. The minimum Gasteiger partial charge on any atom is -0.317 e. The zero-order valence-corrected chi connectivity index (χ0v) is 19.0. The number of rotatable bonds is 4. The fourth-order valence-electron chi connectivity index (χ4n) is 4.91. The summed E-state index contributed by atoms with van der Waals surface area (Å²) in [6.45, 7) is 1.85. The van der Waals surface area contributed by atoms with Crippen LogP contribution in [0.15, 0.2) is 79.3 Å². The Balaban J connectivity index is 1.71. The molecular weight excluding hydrogens is 444 g/mol. The molecule has 0 saturated carbocycles. The molecule has 2 aromatic carbocycles. The molecule has 4 heterocycles. The first-order valence-electron chi connectivity index (χ1n) is 11.7. The fourth-order valence-corrected chi connectivity index (χ4v) is 4.91. The van der Waals surface area contributed by atoms with Crippen molar-refractivity contribution in [1.82, 2.24) is 25.1 Å². The lowest BCUT2D eigenvalue weighted by Crippen LogP contribution is -2.30. The summed E-state index contributed by atoms with van der Waals surface area (Å²) < 4.78 is 29.7. The van der Waals surface area contributed by atoms with Crippen molar-refractivity contribution < 1.29 is 8.78 Å². The number of benzene rings is 2. The summed E-state index contributed by atoms with van der Waals surface area (Å²) in [5, 5.41) is 9.08. The SMILES string of the molecule is Fc1ccc(-c2nc3c(cnn3C3CCNCC3)c(-c3ccc(F)cc3)c2-c2ccncc2)cc1. The summed E-state index contributed by atoms with van der Waals surface area (Å²) in [5.41, 5.74) is 5.86. The van der Waals surface area contributed by atoms with Crippen LogP contribution in [0.5, 0.6) is 0 Å². The Bertz CT molecular complexity index is 1470. The molecule has 5 aromatic rings. The normalized spacial score (nSPS) is 14.5. The highest BCUT2D eigenvalue weighted by atomic mass is 19.1. The zero-order valence-electron chi connectivity index (χ0n) is 19.0. The van der Waals surface area contributed by atoms with E-state index in [1.54, 1.807) is 36.7 Å². The fraction of sp³-hybridized carbons (Fsp3) is 0.179. The summed E-state index contributed by atoms with van der Waals surface area (Å²) in [7, 11) is 0. The topological polar surface area (TPSA) is 55.6 Å². The van der Waals surface area contributed by atoms with Crippen LogP contribution >= 0.6 is 0 Å². The van der Waals surface area contributed by atoms with Crippen LogP contribution in [0, 0.1) is 11.6 Å². The highest BCUT2D eigenvalue weighted by molar-refractivity contribution is 6.06. The predicted molar refractivity (Wildman–Crippen MR) is 133 cm³/mol. The molecule has 0 bridgehead atoms. The highest BCUT2D eigenvalue weighted by Gasteiger charge is 2.25. The van der Waals surface area contributed by atoms with Crippen molar-refractivity contribution in [2.24, 2.45) is 0 Å². The van der Waals surface area contributed by atoms with E-state index in [1.165, 1.54) is 24.3 Å². The minimum absolute atomic E-state index is 0.232. The van der Waals surface area contributed by atoms with E-state index in [4.69, 9.17) is 10.1 Å². The zero-order chi connectivity index (χ0) is 23.8. The molecule has 0 unspecified atom stereocenters. The van der Waals surface area contributed by atoms with Crippen molar-refractivity contribution >= 4 is 11.0 Å². The second-order valence-corrected chi connectivity index (χ2v) is 8.77. The lowest BCUT2D eigenvalue weighted by atomic mass is 9.89. The third-order valence-corrected chi connectivity index (χ3v) is 6.62. The van der Waals surface area contributed by atoms with Crippen LogP contribution in [0.2, 0.25) is 0 Å². The summed E-state index contributed by atoms with van der Waals surface area (Å²) in [4.78, 5) is 9.34. The maximum Gasteiger partial charge on any atom is 0.159 e. The predicted octanol–water partition coefficient (Wildman–Crippen LogP) is 6.03. The van der Waals surface area contributed by atoms with Gasteiger partial charge >= 0.3 is 0 Å². The number of piperidine rings is 1. The van der Waals surface area contributed by atoms with Crippen LogP contribution in [0.4, 0.5) is 8.78 Å². The van der Waals surface area contributed by atoms with Crippen LogP contribution in [0.1, 0.15) is 18.9 Å². The van der Waals surface area contributed by atoms with E-state index < -0.39 is 0 Å². The number of nitrogens with one attached hydrogen (secondary N) is 1. The van der Waals surface area contributed by atoms with E-state index in [-0.39, 0.29) is 17.7 Å². The summed E-state index contributed by atoms with van der Waals surface area (Å²) in [6, 6.07) is 17.0. The van der Waals surface area contributed by atoms with Crippen molar-refractivity contribution in [2.45, 2.75) is 18.9 Å². The third kappa shape index (κ3) is 3.98. The van der Waals surface area contributed by atoms with E-state index in [2.05, 4.69) is 10.3 Å². The smallest absolute Gasteiger partial charge is 0.159 e. The largest absolute Gasteiger partial charge is 0.317 e. The van der Waals surface area contributed by atoms with Gasteiger partial charge in [0.05, 0.1) is 17.9 Å². The molecule has 1 fully saturated rings. The average molecular weight is 468 g/mol. The van der Waals surface area contributed by atoms with Gasteiger partial charge in [-0.2, -0.15) is 5.10 Å². The molecule has 1 aliphatic heterocycles. The van der Waals surface area contributed by atoms with Gasteiger partial charge < -0.3 is 5.32 Å². The molecule has 3 aromatic heterocycles. The molecule has 0 spiro atoms. The highest BCUT2D eigenvalue weighted by Crippen LogP contribution is 2.43. The number of fused-ring (bicyclic) bond motifs is 1. The van der Waals surface area contributed by atoms with Gasteiger partial charge in [0, 0.05) is 34.5 Å². The van der Waals surface area contributed by atoms with Gasteiger partial charge in [-0.15, -0.1) is 0 Å². The van der Waals surface area contributed by atoms with Gasteiger partial charge in [0.1, 0.15) is 11.6 Å². The van der Waals surface area contributed by atoms with Crippen molar-refractivity contribution in [2.75, 3.05) is 13.1 Å². The van der Waals surface area contributed by atoms with E-state index in [0.717, 1.165) is 70.5 Å². The van der Waals surface area contributed by atoms with Gasteiger partial charge in [-0.05, 0) is 85.6 Å². The second-order valence-electron chi connectivity index (χ2n) is 8.77. The lowest BCUT2D eigenvalue weighted by molar-refractivity contribution is 0.350. The molecule has 0 aliphatic carbocycles. The Hall–Kier alpha value is -3.97. The van der Waals surface area contributed by atoms with Crippen molar-refractivity contribution in [1.29, 1.82) is 0 Å². The van der Waals surface area contributed by atoms with Crippen molar-refractivity contribution in [3.8, 4) is 33.5 Å². The minimum atomic E-state index is -0.307. The number of aromatic nitrogens is 4.